The summed E-state index contributed by atoms with van der Waals surface area (Å²) in [5.74, 6) is 0.731. The molecule has 0 radical (unpaired) electrons. The molecule has 8 heteroatoms. The molecule has 3 heterocycles. The van der Waals surface area contributed by atoms with Crippen molar-refractivity contribution in [3.63, 3.8) is 0 Å². The number of nitrogens with one attached hydrogen (secondary N) is 2. The molecule has 0 aromatic carbocycles. The van der Waals surface area contributed by atoms with Crippen molar-refractivity contribution in [2.24, 2.45) is 0 Å². The van der Waals surface area contributed by atoms with E-state index in [4.69, 9.17) is 9.26 Å². The van der Waals surface area contributed by atoms with Crippen LogP contribution in [-0.4, -0.2) is 31.8 Å². The Labute approximate surface area is 132 Å². The average molecular weight is 315 g/mol. The summed E-state index contributed by atoms with van der Waals surface area (Å²) in [6.07, 6.45) is 2.93. The summed E-state index contributed by atoms with van der Waals surface area (Å²) in [5.41, 5.74) is 0.960. The monoisotopic (exact) mass is 315 g/mol. The van der Waals surface area contributed by atoms with Gasteiger partial charge in [0.1, 0.15) is 11.2 Å². The van der Waals surface area contributed by atoms with Crippen LogP contribution in [0.15, 0.2) is 29.0 Å². The van der Waals surface area contributed by atoms with Crippen molar-refractivity contribution < 1.29 is 14.1 Å². The summed E-state index contributed by atoms with van der Waals surface area (Å²) < 4.78 is 10.4. The van der Waals surface area contributed by atoms with E-state index in [-0.39, 0.29) is 6.54 Å². The van der Waals surface area contributed by atoms with E-state index in [1.165, 1.54) is 0 Å². The zero-order valence-electron chi connectivity index (χ0n) is 13.1. The number of carbonyl (C=O) groups is 1. The van der Waals surface area contributed by atoms with Crippen LogP contribution in [0.1, 0.15) is 26.6 Å². The summed E-state index contributed by atoms with van der Waals surface area (Å²) in [5, 5.41) is 7.33. The summed E-state index contributed by atoms with van der Waals surface area (Å²) in [4.78, 5) is 23.1. The lowest BCUT2D eigenvalue weighted by molar-refractivity contribution is 0.0522. The number of nitrogens with zero attached hydrogens (tertiary/aromatic N) is 3. The molecular weight excluding hydrogens is 298 g/mol. The van der Waals surface area contributed by atoms with Crippen LogP contribution in [0.3, 0.4) is 0 Å². The van der Waals surface area contributed by atoms with Crippen LogP contribution in [0, 0.1) is 0 Å². The Kier molecular flexibility index (Phi) is 3.73. The average Bonchev–Trinajstić information content (AvgIpc) is 3.09. The molecule has 3 rings (SSSR count). The van der Waals surface area contributed by atoms with Crippen molar-refractivity contribution in [2.45, 2.75) is 32.9 Å². The Hall–Kier alpha value is -2.90. The van der Waals surface area contributed by atoms with Gasteiger partial charge in [-0.2, -0.15) is 4.98 Å². The quantitative estimate of drug-likeness (QED) is 0.769. The molecule has 0 fully saturated rings. The van der Waals surface area contributed by atoms with Gasteiger partial charge < -0.3 is 19.6 Å². The third kappa shape index (κ3) is 3.47. The molecule has 8 nitrogen and oxygen atoms in total. The maximum Gasteiger partial charge on any atom is 0.408 e. The predicted octanol–water partition coefficient (Wildman–Crippen LogP) is 2.64. The fourth-order valence-corrected chi connectivity index (χ4v) is 2.03. The maximum absolute atomic E-state index is 11.6. The van der Waals surface area contributed by atoms with Crippen molar-refractivity contribution >= 4 is 17.1 Å². The van der Waals surface area contributed by atoms with Gasteiger partial charge in [0, 0.05) is 17.8 Å². The molecule has 0 aliphatic carbocycles. The summed E-state index contributed by atoms with van der Waals surface area (Å²) in [6, 6.07) is 3.75. The molecule has 0 aliphatic rings. The highest BCUT2D eigenvalue weighted by Gasteiger charge is 2.17. The van der Waals surface area contributed by atoms with E-state index < -0.39 is 11.7 Å². The Morgan fingerprint density at radius 3 is 3.04 bits per heavy atom. The smallest absolute Gasteiger partial charge is 0.408 e. The van der Waals surface area contributed by atoms with E-state index in [0.717, 1.165) is 16.6 Å². The molecular formula is C15H17N5O3. The molecule has 3 aromatic rings. The summed E-state index contributed by atoms with van der Waals surface area (Å²) in [6.45, 7) is 5.51. The highest BCUT2D eigenvalue weighted by Crippen LogP contribution is 2.25. The Bertz CT molecular complexity index is 831. The number of fused-ring (bicyclic) bond motifs is 1. The maximum atomic E-state index is 11.6. The van der Waals surface area contributed by atoms with E-state index in [9.17, 15) is 4.79 Å². The standard InChI is InChI=1S/C15H17N5O3/c1-15(2,3)22-14(21)18-8-11-19-13(23-20-11)10-7-17-12-9(10)5-4-6-16-12/h4-7H,8H2,1-3H3,(H,16,17)(H,18,21). The topological polar surface area (TPSA) is 106 Å². The Morgan fingerprint density at radius 1 is 1.43 bits per heavy atom. The number of ether oxygens (including phenoxy) is 1. The van der Waals surface area contributed by atoms with Crippen LogP contribution in [0.25, 0.3) is 22.5 Å². The number of aromatic nitrogens is 4. The van der Waals surface area contributed by atoms with Crippen molar-refractivity contribution in [3.8, 4) is 11.5 Å². The first-order valence-corrected chi connectivity index (χ1v) is 7.14. The number of alkyl carbamates (subject to hydrolysis) is 1. The van der Waals surface area contributed by atoms with Gasteiger partial charge in [0.2, 0.25) is 0 Å². The number of pyridine rings is 1. The van der Waals surface area contributed by atoms with Crippen molar-refractivity contribution in [1.82, 2.24) is 25.4 Å². The van der Waals surface area contributed by atoms with Crippen molar-refractivity contribution in [3.05, 3.63) is 30.4 Å². The zero-order valence-corrected chi connectivity index (χ0v) is 13.1. The Balaban J connectivity index is 1.70. The number of amides is 1. The molecule has 0 saturated heterocycles. The molecule has 0 spiro atoms. The molecule has 2 N–H and O–H groups in total. The van der Waals surface area contributed by atoms with Crippen molar-refractivity contribution in [2.75, 3.05) is 0 Å². The predicted molar refractivity (Wildman–Crippen MR) is 82.5 cm³/mol. The number of aromatic amines is 1. The lowest BCUT2D eigenvalue weighted by Gasteiger charge is -2.19. The first-order valence-electron chi connectivity index (χ1n) is 7.14. The van der Waals surface area contributed by atoms with Crippen LogP contribution < -0.4 is 5.32 Å². The third-order valence-corrected chi connectivity index (χ3v) is 2.94. The second kappa shape index (κ2) is 5.71. The number of H-pyrrole nitrogens is 1. The van der Waals surface area contributed by atoms with Gasteiger partial charge in [-0.1, -0.05) is 5.16 Å². The molecule has 3 aromatic heterocycles. The number of rotatable bonds is 3. The van der Waals surface area contributed by atoms with Crippen LogP contribution in [0.4, 0.5) is 4.79 Å². The highest BCUT2D eigenvalue weighted by molar-refractivity contribution is 5.90. The van der Waals surface area contributed by atoms with Crippen LogP contribution in [-0.2, 0) is 11.3 Å². The molecule has 0 unspecified atom stereocenters. The van der Waals surface area contributed by atoms with Crippen molar-refractivity contribution in [1.29, 1.82) is 0 Å². The number of hydrogen-bond donors (Lipinski definition) is 2. The fourth-order valence-electron chi connectivity index (χ4n) is 2.03. The number of hydrogen-bond acceptors (Lipinski definition) is 6. The van der Waals surface area contributed by atoms with E-state index in [0.29, 0.717) is 11.7 Å². The van der Waals surface area contributed by atoms with Gasteiger partial charge >= 0.3 is 6.09 Å². The first kappa shape index (κ1) is 15.0. The zero-order chi connectivity index (χ0) is 16.4. The lowest BCUT2D eigenvalue weighted by Crippen LogP contribution is -2.32. The van der Waals surface area contributed by atoms with E-state index in [1.54, 1.807) is 33.2 Å². The molecule has 0 saturated carbocycles. The molecule has 0 atom stereocenters. The van der Waals surface area contributed by atoms with Gasteiger partial charge in [-0.25, -0.2) is 9.78 Å². The molecule has 1 amide bonds. The van der Waals surface area contributed by atoms with E-state index in [1.807, 2.05) is 12.1 Å². The minimum atomic E-state index is -0.552. The summed E-state index contributed by atoms with van der Waals surface area (Å²) in [7, 11) is 0. The number of carbonyl (C=O) groups excluding carboxylic acids is 1. The van der Waals surface area contributed by atoms with Gasteiger partial charge in [-0.3, -0.25) is 0 Å². The van der Waals surface area contributed by atoms with Crippen LogP contribution in [0.5, 0.6) is 0 Å². The molecule has 0 bridgehead atoms. The van der Waals surface area contributed by atoms with Gasteiger partial charge in [0.05, 0.1) is 12.1 Å². The van der Waals surface area contributed by atoms with Gasteiger partial charge in [-0.05, 0) is 32.9 Å². The van der Waals surface area contributed by atoms with E-state index >= 15 is 0 Å². The molecule has 23 heavy (non-hydrogen) atoms. The fraction of sp³-hybridized carbons (Fsp3) is 0.333. The largest absolute Gasteiger partial charge is 0.444 e. The summed E-state index contributed by atoms with van der Waals surface area (Å²) >= 11 is 0. The van der Waals surface area contributed by atoms with Gasteiger partial charge in [0.15, 0.2) is 5.82 Å². The van der Waals surface area contributed by atoms with Gasteiger partial charge in [-0.15, -0.1) is 0 Å². The van der Waals surface area contributed by atoms with Crippen LogP contribution >= 0.6 is 0 Å². The van der Waals surface area contributed by atoms with Gasteiger partial charge in [0.25, 0.3) is 5.89 Å². The lowest BCUT2D eigenvalue weighted by atomic mass is 10.2. The SMILES string of the molecule is CC(C)(C)OC(=O)NCc1noc(-c2c[nH]c3ncccc23)n1. The molecule has 0 aliphatic heterocycles. The normalized spacial score (nSPS) is 11.6. The second-order valence-corrected chi connectivity index (χ2v) is 5.97. The minimum Gasteiger partial charge on any atom is -0.444 e. The second-order valence-electron chi connectivity index (χ2n) is 5.97. The Morgan fingerprint density at radius 2 is 2.26 bits per heavy atom. The highest BCUT2D eigenvalue weighted by atomic mass is 16.6. The molecule has 120 valence electrons. The third-order valence-electron chi connectivity index (χ3n) is 2.94. The van der Waals surface area contributed by atoms with E-state index in [2.05, 4.69) is 25.4 Å². The first-order chi connectivity index (χ1) is 10.9. The van der Waals surface area contributed by atoms with Crippen LogP contribution in [0.2, 0.25) is 0 Å². The minimum absolute atomic E-state index is 0.124.